The zero-order valence-electron chi connectivity index (χ0n) is 19.5. The summed E-state index contributed by atoms with van der Waals surface area (Å²) in [5.74, 6) is -2.45. The van der Waals surface area contributed by atoms with E-state index in [9.17, 15) is 18.8 Å². The molecular weight excluding hydrogens is 431 g/mol. The normalized spacial score (nSPS) is 13.6. The van der Waals surface area contributed by atoms with Crippen molar-refractivity contribution in [2.24, 2.45) is 5.92 Å². The van der Waals surface area contributed by atoms with Gasteiger partial charge in [-0.3, -0.25) is 9.59 Å². The van der Waals surface area contributed by atoms with E-state index in [2.05, 4.69) is 10.3 Å². The predicted octanol–water partition coefficient (Wildman–Crippen LogP) is 3.64. The number of esters is 2. The molecular formula is C24H29FN2O6. The van der Waals surface area contributed by atoms with E-state index in [1.165, 1.54) is 45.4 Å². The molecule has 9 heteroatoms. The number of carbonyl (C=O) groups is 3. The van der Waals surface area contributed by atoms with Crippen LogP contribution in [-0.4, -0.2) is 42.1 Å². The minimum atomic E-state index is -1.01. The first-order valence-electron chi connectivity index (χ1n) is 10.5. The Labute approximate surface area is 192 Å². The average Bonchev–Trinajstić information content (AvgIpc) is 2.74. The average molecular weight is 461 g/mol. The fourth-order valence-corrected chi connectivity index (χ4v) is 3.56. The van der Waals surface area contributed by atoms with Crippen LogP contribution in [0.15, 0.2) is 36.5 Å². The summed E-state index contributed by atoms with van der Waals surface area (Å²) in [6.45, 7) is 8.37. The summed E-state index contributed by atoms with van der Waals surface area (Å²) in [5, 5.41) is 2.51. The number of benzene rings is 1. The third kappa shape index (κ3) is 6.74. The maximum absolute atomic E-state index is 13.3. The Morgan fingerprint density at radius 3 is 2.21 bits per heavy atom. The van der Waals surface area contributed by atoms with E-state index in [1.807, 2.05) is 13.8 Å². The zero-order chi connectivity index (χ0) is 24.7. The molecule has 178 valence electrons. The van der Waals surface area contributed by atoms with Gasteiger partial charge in [0.05, 0.1) is 7.11 Å². The number of aromatic nitrogens is 1. The smallest absolute Gasteiger partial charge is 0.328 e. The molecule has 0 saturated heterocycles. The second-order valence-corrected chi connectivity index (χ2v) is 7.94. The molecule has 1 N–H and O–H groups in total. The Bertz CT molecular complexity index is 993. The van der Waals surface area contributed by atoms with Gasteiger partial charge in [0.1, 0.15) is 18.0 Å². The molecule has 1 aromatic carbocycles. The highest BCUT2D eigenvalue weighted by Gasteiger charge is 2.29. The van der Waals surface area contributed by atoms with E-state index in [4.69, 9.17) is 14.2 Å². The van der Waals surface area contributed by atoms with Gasteiger partial charge < -0.3 is 19.5 Å². The first-order valence-corrected chi connectivity index (χ1v) is 10.5. The van der Waals surface area contributed by atoms with Gasteiger partial charge in [0, 0.05) is 25.1 Å². The summed E-state index contributed by atoms with van der Waals surface area (Å²) in [5.41, 5.74) is 0.638. The van der Waals surface area contributed by atoms with Crippen molar-refractivity contribution in [3.8, 4) is 11.5 Å². The van der Waals surface area contributed by atoms with Crippen molar-refractivity contribution < 1.29 is 33.0 Å². The summed E-state index contributed by atoms with van der Waals surface area (Å²) >= 11 is 0. The van der Waals surface area contributed by atoms with Gasteiger partial charge in [0.15, 0.2) is 11.4 Å². The van der Waals surface area contributed by atoms with E-state index < -0.39 is 30.0 Å². The number of amides is 1. The summed E-state index contributed by atoms with van der Waals surface area (Å²) in [7, 11) is 1.36. The highest BCUT2D eigenvalue weighted by atomic mass is 19.1. The van der Waals surface area contributed by atoms with Crippen molar-refractivity contribution in [3.63, 3.8) is 0 Å². The van der Waals surface area contributed by atoms with Gasteiger partial charge in [-0.05, 0) is 37.5 Å². The minimum absolute atomic E-state index is 0.107. The van der Waals surface area contributed by atoms with Gasteiger partial charge in [0.2, 0.25) is 5.75 Å². The van der Waals surface area contributed by atoms with Gasteiger partial charge in [-0.1, -0.05) is 26.0 Å². The predicted molar refractivity (Wildman–Crippen MR) is 119 cm³/mol. The van der Waals surface area contributed by atoms with Crippen molar-refractivity contribution in [3.05, 3.63) is 53.6 Å². The molecule has 1 heterocycles. The van der Waals surface area contributed by atoms with Crippen LogP contribution < -0.4 is 14.8 Å². The third-order valence-electron chi connectivity index (χ3n) is 5.03. The number of nitrogens with zero attached hydrogens (tertiary/aromatic N) is 1. The van der Waals surface area contributed by atoms with E-state index in [-0.39, 0.29) is 34.8 Å². The molecule has 0 saturated carbocycles. The van der Waals surface area contributed by atoms with Gasteiger partial charge in [0.25, 0.3) is 5.91 Å². The Hall–Kier alpha value is -3.49. The standard InChI is InChI=1S/C24H29FN2O6/c1-13(2)20(17-7-9-18(25)10-8-17)15(4)32-24(30)14(3)27-23(29)21-22(33-16(5)28)19(31-6)11-12-26-21/h7-15,20H,1-6H3,(H,27,29)/t14-,15-,20+/m0/s1. The topological polar surface area (TPSA) is 104 Å². The molecule has 0 spiro atoms. The van der Waals surface area contributed by atoms with Crippen LogP contribution in [0, 0.1) is 11.7 Å². The van der Waals surface area contributed by atoms with Crippen LogP contribution in [-0.2, 0) is 14.3 Å². The molecule has 0 fully saturated rings. The zero-order valence-corrected chi connectivity index (χ0v) is 19.5. The fourth-order valence-electron chi connectivity index (χ4n) is 3.56. The molecule has 0 radical (unpaired) electrons. The van der Waals surface area contributed by atoms with Crippen molar-refractivity contribution in [1.29, 1.82) is 0 Å². The van der Waals surface area contributed by atoms with Crippen LogP contribution in [0.1, 0.15) is 56.6 Å². The van der Waals surface area contributed by atoms with Crippen LogP contribution in [0.4, 0.5) is 4.39 Å². The molecule has 8 nitrogen and oxygen atoms in total. The number of hydrogen-bond donors (Lipinski definition) is 1. The molecule has 3 atom stereocenters. The molecule has 0 bridgehead atoms. The lowest BCUT2D eigenvalue weighted by molar-refractivity contribution is -0.151. The van der Waals surface area contributed by atoms with E-state index in [1.54, 1.807) is 19.1 Å². The molecule has 1 aromatic heterocycles. The monoisotopic (exact) mass is 460 g/mol. The molecule has 0 aliphatic rings. The first kappa shape index (κ1) is 25.8. The Morgan fingerprint density at radius 2 is 1.67 bits per heavy atom. The Morgan fingerprint density at radius 1 is 1.03 bits per heavy atom. The molecule has 2 rings (SSSR count). The van der Waals surface area contributed by atoms with Gasteiger partial charge in [-0.25, -0.2) is 14.2 Å². The molecule has 0 aliphatic carbocycles. The quantitative estimate of drug-likeness (QED) is 0.570. The van der Waals surface area contributed by atoms with Crippen molar-refractivity contribution >= 4 is 17.8 Å². The van der Waals surface area contributed by atoms with Crippen molar-refractivity contribution in [2.75, 3.05) is 7.11 Å². The van der Waals surface area contributed by atoms with E-state index in [0.717, 1.165) is 5.56 Å². The number of methoxy groups -OCH3 is 1. The number of pyridine rings is 1. The Kier molecular flexibility index (Phi) is 8.90. The number of nitrogens with one attached hydrogen (secondary N) is 1. The lowest BCUT2D eigenvalue weighted by Gasteiger charge is -2.29. The second-order valence-electron chi connectivity index (χ2n) is 7.94. The Balaban J connectivity index is 2.13. The van der Waals surface area contributed by atoms with Gasteiger partial charge in [-0.2, -0.15) is 0 Å². The fraction of sp³-hybridized carbons (Fsp3) is 0.417. The summed E-state index contributed by atoms with van der Waals surface area (Å²) in [6, 6.07) is 6.49. The maximum Gasteiger partial charge on any atom is 0.328 e. The number of halogens is 1. The van der Waals surface area contributed by atoms with Crippen LogP contribution in [0.3, 0.4) is 0 Å². The highest BCUT2D eigenvalue weighted by Crippen LogP contribution is 2.31. The SMILES string of the molecule is COc1ccnc(C(=O)N[C@@H](C)C(=O)O[C@@H](C)[C@H](c2ccc(F)cc2)C(C)C)c1OC(C)=O. The number of hydrogen-bond acceptors (Lipinski definition) is 7. The molecule has 2 aromatic rings. The number of ether oxygens (including phenoxy) is 3. The summed E-state index contributed by atoms with van der Waals surface area (Å²) in [4.78, 5) is 40.8. The lowest BCUT2D eigenvalue weighted by Crippen LogP contribution is -2.42. The molecule has 0 unspecified atom stereocenters. The van der Waals surface area contributed by atoms with Crippen LogP contribution >= 0.6 is 0 Å². The van der Waals surface area contributed by atoms with Crippen LogP contribution in [0.2, 0.25) is 0 Å². The number of carbonyl (C=O) groups excluding carboxylic acids is 3. The largest absolute Gasteiger partial charge is 0.493 e. The van der Waals surface area contributed by atoms with Gasteiger partial charge >= 0.3 is 11.9 Å². The van der Waals surface area contributed by atoms with E-state index >= 15 is 0 Å². The first-order chi connectivity index (χ1) is 15.5. The van der Waals surface area contributed by atoms with Crippen LogP contribution in [0.5, 0.6) is 11.5 Å². The second kappa shape index (κ2) is 11.4. The summed E-state index contributed by atoms with van der Waals surface area (Å²) in [6.07, 6.45) is 0.788. The number of rotatable bonds is 9. The van der Waals surface area contributed by atoms with E-state index in [0.29, 0.717) is 0 Å². The maximum atomic E-state index is 13.3. The molecule has 1 amide bonds. The summed E-state index contributed by atoms with van der Waals surface area (Å²) < 4.78 is 29.1. The van der Waals surface area contributed by atoms with Gasteiger partial charge in [-0.15, -0.1) is 0 Å². The van der Waals surface area contributed by atoms with Crippen molar-refractivity contribution in [2.45, 2.75) is 52.7 Å². The third-order valence-corrected chi connectivity index (χ3v) is 5.03. The highest BCUT2D eigenvalue weighted by molar-refractivity contribution is 5.98. The molecule has 0 aliphatic heterocycles. The minimum Gasteiger partial charge on any atom is -0.493 e. The van der Waals surface area contributed by atoms with Crippen LogP contribution in [0.25, 0.3) is 0 Å². The lowest BCUT2D eigenvalue weighted by atomic mass is 9.84. The molecule has 33 heavy (non-hydrogen) atoms. The van der Waals surface area contributed by atoms with Crippen molar-refractivity contribution in [1.82, 2.24) is 10.3 Å².